The fourth-order valence-corrected chi connectivity index (χ4v) is 2.17. The molecule has 102 valence electrons. The number of aryl methyl sites for hydroxylation is 3. The van der Waals surface area contributed by atoms with E-state index in [9.17, 15) is 0 Å². The first kappa shape index (κ1) is 13.8. The van der Waals surface area contributed by atoms with Crippen molar-refractivity contribution in [2.24, 2.45) is 0 Å². The van der Waals surface area contributed by atoms with Gasteiger partial charge in [-0.05, 0) is 32.4 Å². The average molecular weight is 258 g/mol. The molecule has 3 heteroatoms. The third kappa shape index (κ3) is 3.93. The first-order valence-electron chi connectivity index (χ1n) is 6.92. The number of hydrogen-bond donors (Lipinski definition) is 1. The smallest absolute Gasteiger partial charge is 0.211 e. The zero-order chi connectivity index (χ0) is 13.7. The normalized spacial score (nSPS) is 12.6. The van der Waals surface area contributed by atoms with Crippen molar-refractivity contribution in [3.63, 3.8) is 0 Å². The van der Waals surface area contributed by atoms with E-state index >= 15 is 0 Å². The Morgan fingerprint density at radius 2 is 2.16 bits per heavy atom. The van der Waals surface area contributed by atoms with Crippen LogP contribution in [0.5, 0.6) is 0 Å². The molecule has 1 aromatic carbocycles. The van der Waals surface area contributed by atoms with E-state index in [-0.39, 0.29) is 6.04 Å². The molecular weight excluding hydrogens is 236 g/mol. The predicted molar refractivity (Wildman–Crippen MR) is 77.2 cm³/mol. The van der Waals surface area contributed by atoms with Gasteiger partial charge in [0.2, 0.25) is 5.89 Å². The molecule has 1 N–H and O–H groups in total. The topological polar surface area (TPSA) is 38.1 Å². The fraction of sp³-hybridized carbons (Fsp3) is 0.438. The molecule has 0 bridgehead atoms. The standard InChI is InChI=1S/C16H22N2O/c1-4-17-13(3)16-18-11-15(19-16)9-8-14-7-5-6-12(2)10-14/h5-7,10-11,13,17H,4,8-9H2,1-3H3. The molecule has 0 saturated heterocycles. The van der Waals surface area contributed by atoms with E-state index in [4.69, 9.17) is 4.42 Å². The largest absolute Gasteiger partial charge is 0.444 e. The molecule has 0 saturated carbocycles. The average Bonchev–Trinajstić information content (AvgIpc) is 2.86. The number of hydrogen-bond acceptors (Lipinski definition) is 3. The van der Waals surface area contributed by atoms with E-state index in [0.29, 0.717) is 0 Å². The van der Waals surface area contributed by atoms with E-state index in [1.807, 2.05) is 6.20 Å². The molecule has 0 aliphatic carbocycles. The molecule has 1 atom stereocenters. The van der Waals surface area contributed by atoms with Gasteiger partial charge in [0.15, 0.2) is 0 Å². The molecule has 0 fully saturated rings. The van der Waals surface area contributed by atoms with Gasteiger partial charge in [0.25, 0.3) is 0 Å². The van der Waals surface area contributed by atoms with Crippen molar-refractivity contribution in [2.45, 2.75) is 39.7 Å². The Kier molecular flexibility index (Phi) is 4.74. The summed E-state index contributed by atoms with van der Waals surface area (Å²) in [5.41, 5.74) is 2.65. The minimum Gasteiger partial charge on any atom is -0.444 e. The van der Waals surface area contributed by atoms with Gasteiger partial charge in [0, 0.05) is 6.42 Å². The van der Waals surface area contributed by atoms with Crippen LogP contribution in [0.3, 0.4) is 0 Å². The molecule has 0 aliphatic heterocycles. The minimum absolute atomic E-state index is 0.178. The van der Waals surface area contributed by atoms with Gasteiger partial charge >= 0.3 is 0 Å². The van der Waals surface area contributed by atoms with Crippen molar-refractivity contribution < 1.29 is 4.42 Å². The van der Waals surface area contributed by atoms with Crippen LogP contribution >= 0.6 is 0 Å². The maximum Gasteiger partial charge on any atom is 0.211 e. The Balaban J connectivity index is 1.93. The fourth-order valence-electron chi connectivity index (χ4n) is 2.17. The summed E-state index contributed by atoms with van der Waals surface area (Å²) in [5, 5.41) is 3.30. The molecule has 1 aromatic heterocycles. The Bertz CT molecular complexity index is 519. The molecule has 3 nitrogen and oxygen atoms in total. The highest BCUT2D eigenvalue weighted by Gasteiger charge is 2.10. The van der Waals surface area contributed by atoms with Gasteiger partial charge in [-0.15, -0.1) is 0 Å². The molecule has 0 aliphatic rings. The predicted octanol–water partition coefficient (Wildman–Crippen LogP) is 3.44. The van der Waals surface area contributed by atoms with E-state index in [0.717, 1.165) is 31.0 Å². The highest BCUT2D eigenvalue weighted by atomic mass is 16.4. The third-order valence-electron chi connectivity index (χ3n) is 3.19. The van der Waals surface area contributed by atoms with Crippen molar-refractivity contribution in [2.75, 3.05) is 6.54 Å². The summed E-state index contributed by atoms with van der Waals surface area (Å²) < 4.78 is 5.78. The molecule has 2 rings (SSSR count). The molecule has 0 radical (unpaired) electrons. The van der Waals surface area contributed by atoms with Gasteiger partial charge in [-0.3, -0.25) is 0 Å². The number of benzene rings is 1. The second kappa shape index (κ2) is 6.53. The summed E-state index contributed by atoms with van der Waals surface area (Å²) in [6, 6.07) is 8.78. The highest BCUT2D eigenvalue weighted by molar-refractivity contribution is 5.22. The van der Waals surface area contributed by atoms with Gasteiger partial charge in [0.05, 0.1) is 12.2 Å². The molecule has 0 spiro atoms. The van der Waals surface area contributed by atoms with Crippen LogP contribution in [0.25, 0.3) is 0 Å². The lowest BCUT2D eigenvalue weighted by Gasteiger charge is -2.06. The van der Waals surface area contributed by atoms with Crippen molar-refractivity contribution in [3.05, 3.63) is 53.2 Å². The van der Waals surface area contributed by atoms with Crippen molar-refractivity contribution >= 4 is 0 Å². The van der Waals surface area contributed by atoms with Crippen LogP contribution < -0.4 is 5.32 Å². The number of rotatable bonds is 6. The number of aromatic nitrogens is 1. The quantitative estimate of drug-likeness (QED) is 0.862. The van der Waals surface area contributed by atoms with Crippen molar-refractivity contribution in [3.8, 4) is 0 Å². The molecule has 1 unspecified atom stereocenters. The lowest BCUT2D eigenvalue weighted by atomic mass is 10.1. The molecule has 0 amide bonds. The van der Waals surface area contributed by atoms with Crippen LogP contribution in [0.4, 0.5) is 0 Å². The summed E-state index contributed by atoms with van der Waals surface area (Å²) in [5.74, 6) is 1.74. The van der Waals surface area contributed by atoms with Gasteiger partial charge in [-0.25, -0.2) is 4.98 Å². The summed E-state index contributed by atoms with van der Waals surface area (Å²) in [6.07, 6.45) is 3.74. The Morgan fingerprint density at radius 3 is 2.89 bits per heavy atom. The summed E-state index contributed by atoms with van der Waals surface area (Å²) in [4.78, 5) is 4.34. The van der Waals surface area contributed by atoms with Crippen LogP contribution in [-0.4, -0.2) is 11.5 Å². The highest BCUT2D eigenvalue weighted by Crippen LogP contribution is 2.15. The zero-order valence-electron chi connectivity index (χ0n) is 11.9. The van der Waals surface area contributed by atoms with E-state index in [1.165, 1.54) is 11.1 Å². The van der Waals surface area contributed by atoms with Crippen LogP contribution in [0, 0.1) is 6.92 Å². The van der Waals surface area contributed by atoms with E-state index in [2.05, 4.69) is 55.3 Å². The third-order valence-corrected chi connectivity index (χ3v) is 3.19. The Hall–Kier alpha value is -1.61. The molecule has 2 aromatic rings. The van der Waals surface area contributed by atoms with Gasteiger partial charge in [-0.1, -0.05) is 36.8 Å². The molecule has 19 heavy (non-hydrogen) atoms. The zero-order valence-corrected chi connectivity index (χ0v) is 11.9. The first-order valence-corrected chi connectivity index (χ1v) is 6.92. The second-order valence-electron chi connectivity index (χ2n) is 4.93. The monoisotopic (exact) mass is 258 g/mol. The summed E-state index contributed by atoms with van der Waals surface area (Å²) in [6.45, 7) is 7.19. The lowest BCUT2D eigenvalue weighted by Crippen LogP contribution is -2.17. The SMILES string of the molecule is CCNC(C)c1ncc(CCc2cccc(C)c2)o1. The van der Waals surface area contributed by atoms with Gasteiger partial charge in [-0.2, -0.15) is 0 Å². The van der Waals surface area contributed by atoms with Crippen LogP contribution in [0.1, 0.15) is 42.7 Å². The van der Waals surface area contributed by atoms with Gasteiger partial charge < -0.3 is 9.73 Å². The van der Waals surface area contributed by atoms with E-state index in [1.54, 1.807) is 0 Å². The maximum atomic E-state index is 5.78. The minimum atomic E-state index is 0.178. The number of nitrogens with one attached hydrogen (secondary N) is 1. The first-order chi connectivity index (χ1) is 9.19. The lowest BCUT2D eigenvalue weighted by molar-refractivity contribution is 0.398. The Labute approximate surface area is 115 Å². The van der Waals surface area contributed by atoms with Crippen LogP contribution in [-0.2, 0) is 12.8 Å². The summed E-state index contributed by atoms with van der Waals surface area (Å²) in [7, 11) is 0. The Morgan fingerprint density at radius 1 is 1.32 bits per heavy atom. The van der Waals surface area contributed by atoms with E-state index < -0.39 is 0 Å². The maximum absolute atomic E-state index is 5.78. The van der Waals surface area contributed by atoms with Crippen LogP contribution in [0.2, 0.25) is 0 Å². The van der Waals surface area contributed by atoms with Crippen molar-refractivity contribution in [1.82, 2.24) is 10.3 Å². The van der Waals surface area contributed by atoms with Crippen molar-refractivity contribution in [1.29, 1.82) is 0 Å². The number of nitrogens with zero attached hydrogens (tertiary/aromatic N) is 1. The van der Waals surface area contributed by atoms with Gasteiger partial charge in [0.1, 0.15) is 5.76 Å². The van der Waals surface area contributed by atoms with Crippen LogP contribution in [0.15, 0.2) is 34.9 Å². The second-order valence-corrected chi connectivity index (χ2v) is 4.93. The summed E-state index contributed by atoms with van der Waals surface area (Å²) >= 11 is 0. The molecular formula is C16H22N2O. The number of oxazole rings is 1. The molecule has 1 heterocycles.